The average molecular weight is 295 g/mol. The van der Waals surface area contributed by atoms with Crippen molar-refractivity contribution in [3.63, 3.8) is 0 Å². The molecule has 0 heterocycles. The minimum atomic E-state index is -1.87. The molecule has 0 saturated heterocycles. The van der Waals surface area contributed by atoms with Crippen molar-refractivity contribution in [1.82, 2.24) is 0 Å². The maximum atomic E-state index is 2.41. The summed E-state index contributed by atoms with van der Waals surface area (Å²) < 4.78 is 0. The van der Waals surface area contributed by atoms with E-state index in [1.807, 2.05) is 0 Å². The van der Waals surface area contributed by atoms with E-state index in [4.69, 9.17) is 0 Å². The first kappa shape index (κ1) is 15.6. The predicted octanol–water partition coefficient (Wildman–Crippen LogP) is 2.14. The van der Waals surface area contributed by atoms with E-state index in [1.165, 1.54) is 0 Å². The van der Waals surface area contributed by atoms with Crippen molar-refractivity contribution in [2.45, 2.75) is 25.7 Å². The molecule has 2 heteroatoms. The fourth-order valence-electron chi connectivity index (χ4n) is 4.14. The van der Waals surface area contributed by atoms with Crippen LogP contribution in [0, 0.1) is 0 Å². The molecule has 0 aromatic rings. The minimum Gasteiger partial charge on any atom is -0.0808 e. The summed E-state index contributed by atoms with van der Waals surface area (Å²) in [5.41, 5.74) is 0. The summed E-state index contributed by atoms with van der Waals surface area (Å²) in [5, 5.41) is 6.73. The van der Waals surface area contributed by atoms with Gasteiger partial charge >= 0.3 is 18.9 Å². The van der Waals surface area contributed by atoms with Crippen molar-refractivity contribution < 1.29 is 18.9 Å². The zero-order valence-corrected chi connectivity index (χ0v) is 14.3. The van der Waals surface area contributed by atoms with Crippen LogP contribution in [0.1, 0.15) is 25.7 Å². The molecule has 0 atom stereocenters. The van der Waals surface area contributed by atoms with Gasteiger partial charge in [-0.05, 0) is 25.7 Å². The van der Waals surface area contributed by atoms with E-state index in [9.17, 15) is 0 Å². The second-order valence-electron chi connectivity index (χ2n) is 6.05. The van der Waals surface area contributed by atoms with Crippen molar-refractivity contribution in [2.24, 2.45) is 0 Å². The van der Waals surface area contributed by atoms with Crippen molar-refractivity contribution in [3.8, 4) is 0 Å². The SMILES string of the molecule is C1=CCC([Si](C2=CC=CC2)(C2=CC=CC2)C2=CC=CC2)=C1.[Li+]. The van der Waals surface area contributed by atoms with E-state index in [2.05, 4.69) is 72.9 Å². The quantitative estimate of drug-likeness (QED) is 0.697. The van der Waals surface area contributed by atoms with Crippen molar-refractivity contribution >= 4 is 8.07 Å². The third-order valence-corrected chi connectivity index (χ3v) is 10.3. The van der Waals surface area contributed by atoms with Gasteiger partial charge in [-0.25, -0.2) is 0 Å². The molecule has 4 aliphatic rings. The van der Waals surface area contributed by atoms with Crippen LogP contribution in [0.2, 0.25) is 0 Å². The van der Waals surface area contributed by atoms with Crippen LogP contribution < -0.4 is 18.9 Å². The summed E-state index contributed by atoms with van der Waals surface area (Å²) in [6, 6.07) is 0. The molecule has 0 saturated carbocycles. The second kappa shape index (κ2) is 6.46. The Kier molecular flexibility index (Phi) is 4.59. The molecule has 0 aromatic carbocycles. The molecule has 0 nitrogen and oxygen atoms in total. The van der Waals surface area contributed by atoms with Crippen LogP contribution >= 0.6 is 0 Å². The van der Waals surface area contributed by atoms with E-state index in [0.29, 0.717) is 0 Å². The van der Waals surface area contributed by atoms with Gasteiger partial charge in [0.15, 0.2) is 8.07 Å². The standard InChI is InChI=1S/C20H20Si.Li/c1-2-10-17(9-1)21(18-11-3-4-12-18,19-13-5-6-14-19)20-15-7-8-16-20;/h1-9,11,13,15H,10,12,14,16H2;/q;+1. The van der Waals surface area contributed by atoms with E-state index < -0.39 is 8.07 Å². The van der Waals surface area contributed by atoms with Crippen LogP contribution in [0.25, 0.3) is 0 Å². The average Bonchev–Trinajstić information content (AvgIpc) is 3.32. The topological polar surface area (TPSA) is 0 Å². The van der Waals surface area contributed by atoms with Crippen molar-refractivity contribution in [2.75, 3.05) is 0 Å². The largest absolute Gasteiger partial charge is 1.00 e. The summed E-state index contributed by atoms with van der Waals surface area (Å²) in [6.07, 6.45) is 32.5. The van der Waals surface area contributed by atoms with Gasteiger partial charge in [-0.15, -0.1) is 0 Å². The van der Waals surface area contributed by atoms with Gasteiger partial charge in [-0.1, -0.05) is 93.7 Å². The number of hydrogen-bond donors (Lipinski definition) is 0. The monoisotopic (exact) mass is 295 g/mol. The molecular formula is C20H20LiSi+. The van der Waals surface area contributed by atoms with Gasteiger partial charge in [0.2, 0.25) is 0 Å². The maximum absolute atomic E-state index is 2.41. The Morgan fingerprint density at radius 3 is 0.955 bits per heavy atom. The number of allylic oxidation sites excluding steroid dienone is 16. The summed E-state index contributed by atoms with van der Waals surface area (Å²) in [6.45, 7) is 0. The molecule has 0 N–H and O–H groups in total. The molecule has 0 amide bonds. The van der Waals surface area contributed by atoms with Crippen LogP contribution in [-0.2, 0) is 0 Å². The van der Waals surface area contributed by atoms with Gasteiger partial charge < -0.3 is 0 Å². The Balaban J connectivity index is 0.00000144. The van der Waals surface area contributed by atoms with Crippen LogP contribution in [0.3, 0.4) is 0 Å². The molecular weight excluding hydrogens is 275 g/mol. The molecule has 0 aliphatic heterocycles. The van der Waals surface area contributed by atoms with E-state index in [0.717, 1.165) is 25.7 Å². The Morgan fingerprint density at radius 2 is 0.773 bits per heavy atom. The molecule has 0 radical (unpaired) electrons. The molecule has 0 aromatic heterocycles. The molecule has 22 heavy (non-hydrogen) atoms. The zero-order valence-electron chi connectivity index (χ0n) is 13.3. The Labute approximate surface area is 146 Å². The molecule has 104 valence electrons. The fourth-order valence-corrected chi connectivity index (χ4v) is 9.69. The minimum absolute atomic E-state index is 0. The second-order valence-corrected chi connectivity index (χ2v) is 10.1. The third kappa shape index (κ3) is 2.29. The zero-order chi connectivity index (χ0) is 14.1. The van der Waals surface area contributed by atoms with Gasteiger partial charge in [0.25, 0.3) is 0 Å². The van der Waals surface area contributed by atoms with E-state index >= 15 is 0 Å². The van der Waals surface area contributed by atoms with Crippen molar-refractivity contribution in [1.29, 1.82) is 0 Å². The van der Waals surface area contributed by atoms with Crippen LogP contribution in [0.15, 0.2) is 93.7 Å². The first-order valence-corrected chi connectivity index (χ1v) is 9.87. The molecule has 0 unspecified atom stereocenters. The first-order chi connectivity index (χ1) is 10.4. The van der Waals surface area contributed by atoms with E-state index in [-0.39, 0.29) is 18.9 Å². The fraction of sp³-hybridized carbons (Fsp3) is 0.200. The maximum Gasteiger partial charge on any atom is 1.00 e. The number of rotatable bonds is 4. The molecule has 0 spiro atoms. The molecule has 4 rings (SSSR count). The first-order valence-electron chi connectivity index (χ1n) is 7.87. The van der Waals surface area contributed by atoms with Crippen LogP contribution in [-0.4, -0.2) is 8.07 Å². The predicted molar refractivity (Wildman–Crippen MR) is 93.1 cm³/mol. The molecule has 0 fully saturated rings. The van der Waals surface area contributed by atoms with Crippen LogP contribution in [0.4, 0.5) is 0 Å². The summed E-state index contributed by atoms with van der Waals surface area (Å²) in [5.74, 6) is 0. The van der Waals surface area contributed by atoms with Gasteiger partial charge in [-0.3, -0.25) is 0 Å². The Morgan fingerprint density at radius 1 is 0.500 bits per heavy atom. The van der Waals surface area contributed by atoms with Crippen molar-refractivity contribution in [3.05, 3.63) is 93.7 Å². The Bertz CT molecular complexity index is 582. The van der Waals surface area contributed by atoms with Gasteiger partial charge in [0.05, 0.1) is 0 Å². The third-order valence-electron chi connectivity index (χ3n) is 5.01. The van der Waals surface area contributed by atoms with Gasteiger partial charge in [-0.2, -0.15) is 0 Å². The molecule has 0 bridgehead atoms. The summed E-state index contributed by atoms with van der Waals surface area (Å²) in [4.78, 5) is 0. The Hall–Kier alpha value is -1.27. The summed E-state index contributed by atoms with van der Waals surface area (Å²) in [7, 11) is -1.87. The van der Waals surface area contributed by atoms with Gasteiger partial charge in [0.1, 0.15) is 0 Å². The smallest absolute Gasteiger partial charge is 0.0808 e. The van der Waals surface area contributed by atoms with E-state index in [1.54, 1.807) is 20.8 Å². The number of hydrogen-bond acceptors (Lipinski definition) is 0. The van der Waals surface area contributed by atoms with Crippen LogP contribution in [0.5, 0.6) is 0 Å². The molecule has 4 aliphatic carbocycles. The van der Waals surface area contributed by atoms with Gasteiger partial charge in [0, 0.05) is 0 Å². The normalized spacial score (nSPS) is 21.8. The summed E-state index contributed by atoms with van der Waals surface area (Å²) >= 11 is 0.